The second-order valence-electron chi connectivity index (χ2n) is 6.73. The molecular weight excluding hydrogens is 402 g/mol. The second-order valence-corrected chi connectivity index (χ2v) is 6.73. The molecule has 10 nitrogen and oxygen atoms in total. The fourth-order valence-corrected chi connectivity index (χ4v) is 2.56. The molecule has 3 aromatic rings. The Labute approximate surface area is 178 Å². The molecule has 0 bridgehead atoms. The topological polar surface area (TPSA) is 129 Å². The van der Waals surface area contributed by atoms with E-state index in [0.29, 0.717) is 17.4 Å². The molecule has 0 fully saturated rings. The van der Waals surface area contributed by atoms with Crippen LogP contribution in [0.3, 0.4) is 0 Å². The first-order chi connectivity index (χ1) is 14.9. The fourth-order valence-electron chi connectivity index (χ4n) is 2.56. The fraction of sp³-hybridized carbons (Fsp3) is 0.190. The molecule has 2 aromatic carbocycles. The van der Waals surface area contributed by atoms with Gasteiger partial charge in [0.2, 0.25) is 5.82 Å². The quantitative estimate of drug-likeness (QED) is 0.393. The monoisotopic (exact) mass is 423 g/mol. The zero-order chi connectivity index (χ0) is 22.2. The van der Waals surface area contributed by atoms with Crippen LogP contribution < -0.4 is 20.3 Å². The van der Waals surface area contributed by atoms with E-state index in [2.05, 4.69) is 34.7 Å². The summed E-state index contributed by atoms with van der Waals surface area (Å²) in [5.41, 5.74) is 5.33. The zero-order valence-corrected chi connectivity index (χ0v) is 16.9. The van der Waals surface area contributed by atoms with Crippen molar-refractivity contribution in [3.8, 4) is 17.4 Å². The van der Waals surface area contributed by atoms with Crippen LogP contribution in [0.5, 0.6) is 17.4 Å². The number of amides is 1. The van der Waals surface area contributed by atoms with Gasteiger partial charge in [-0.1, -0.05) is 44.2 Å². The summed E-state index contributed by atoms with van der Waals surface area (Å²) >= 11 is 0. The predicted molar refractivity (Wildman–Crippen MR) is 113 cm³/mol. The Morgan fingerprint density at radius 1 is 1.06 bits per heavy atom. The van der Waals surface area contributed by atoms with E-state index in [0.717, 1.165) is 11.9 Å². The molecule has 0 saturated carbocycles. The highest BCUT2D eigenvalue weighted by molar-refractivity contribution is 5.79. The summed E-state index contributed by atoms with van der Waals surface area (Å²) in [5.74, 6) is 0.218. The summed E-state index contributed by atoms with van der Waals surface area (Å²) in [7, 11) is 0. The van der Waals surface area contributed by atoms with Crippen LogP contribution in [0.1, 0.15) is 25.3 Å². The largest absolute Gasteiger partial charge is 0.484 e. The molecule has 3 rings (SSSR count). The van der Waals surface area contributed by atoms with E-state index in [1.807, 2.05) is 18.2 Å². The number of hydrogen-bond acceptors (Lipinski definition) is 8. The van der Waals surface area contributed by atoms with Gasteiger partial charge in [0.15, 0.2) is 6.61 Å². The number of ether oxygens (including phenoxy) is 2. The van der Waals surface area contributed by atoms with Gasteiger partial charge in [-0.25, -0.2) is 4.98 Å². The average Bonchev–Trinajstić information content (AvgIpc) is 2.77. The Kier molecular flexibility index (Phi) is 6.94. The third-order valence-corrected chi connectivity index (χ3v) is 4.17. The van der Waals surface area contributed by atoms with Crippen LogP contribution in [0, 0.1) is 10.1 Å². The van der Waals surface area contributed by atoms with Crippen LogP contribution in [0.25, 0.3) is 0 Å². The number of anilines is 1. The van der Waals surface area contributed by atoms with Gasteiger partial charge in [-0.15, -0.1) is 0 Å². The molecule has 0 unspecified atom stereocenters. The summed E-state index contributed by atoms with van der Waals surface area (Å²) in [6.07, 6.45) is 1.10. The van der Waals surface area contributed by atoms with Crippen molar-refractivity contribution >= 4 is 17.4 Å². The molecule has 1 heterocycles. The number of benzene rings is 2. The van der Waals surface area contributed by atoms with Crippen molar-refractivity contribution in [1.82, 2.24) is 15.4 Å². The highest BCUT2D eigenvalue weighted by Gasteiger charge is 2.25. The summed E-state index contributed by atoms with van der Waals surface area (Å²) in [6, 6.07) is 15.9. The zero-order valence-electron chi connectivity index (χ0n) is 16.9. The predicted octanol–water partition coefficient (Wildman–Crippen LogP) is 3.82. The van der Waals surface area contributed by atoms with Crippen molar-refractivity contribution in [2.24, 2.45) is 0 Å². The van der Waals surface area contributed by atoms with Gasteiger partial charge in [0.05, 0.1) is 4.92 Å². The molecule has 0 saturated heterocycles. The van der Waals surface area contributed by atoms with Crippen LogP contribution in [0.4, 0.5) is 11.5 Å². The summed E-state index contributed by atoms with van der Waals surface area (Å²) in [6.45, 7) is 3.83. The van der Waals surface area contributed by atoms with E-state index >= 15 is 0 Å². The molecule has 10 heteroatoms. The minimum absolute atomic E-state index is 0.220. The number of hydrogen-bond donors (Lipinski definition) is 2. The average molecular weight is 423 g/mol. The molecule has 0 spiro atoms. The minimum atomic E-state index is -0.688. The normalized spacial score (nSPS) is 10.4. The van der Waals surface area contributed by atoms with Crippen molar-refractivity contribution in [2.75, 3.05) is 12.0 Å². The first-order valence-corrected chi connectivity index (χ1v) is 9.44. The number of nitrogens with one attached hydrogen (secondary N) is 2. The van der Waals surface area contributed by atoms with E-state index in [4.69, 9.17) is 9.47 Å². The van der Waals surface area contributed by atoms with Gasteiger partial charge in [-0.05, 0) is 35.7 Å². The highest BCUT2D eigenvalue weighted by Crippen LogP contribution is 2.34. The third kappa shape index (κ3) is 5.89. The highest BCUT2D eigenvalue weighted by atomic mass is 16.6. The second kappa shape index (κ2) is 10.0. The van der Waals surface area contributed by atoms with Crippen LogP contribution in [-0.2, 0) is 4.79 Å². The number of para-hydroxylation sites is 1. The maximum Gasteiger partial charge on any atom is 0.374 e. The molecule has 2 N–H and O–H groups in total. The Morgan fingerprint density at radius 3 is 2.42 bits per heavy atom. The summed E-state index contributed by atoms with van der Waals surface area (Å²) in [5, 5.41) is 11.6. The van der Waals surface area contributed by atoms with Gasteiger partial charge < -0.3 is 9.47 Å². The van der Waals surface area contributed by atoms with Crippen molar-refractivity contribution < 1.29 is 19.2 Å². The lowest BCUT2D eigenvalue weighted by atomic mass is 10.0. The van der Waals surface area contributed by atoms with Crippen LogP contribution in [0.15, 0.2) is 60.9 Å². The first kappa shape index (κ1) is 21.5. The number of aromatic nitrogens is 2. The van der Waals surface area contributed by atoms with Gasteiger partial charge >= 0.3 is 11.6 Å². The number of rotatable bonds is 9. The molecular formula is C21H21N5O5. The Hall–Kier alpha value is -4.21. The minimum Gasteiger partial charge on any atom is -0.484 e. The van der Waals surface area contributed by atoms with Crippen molar-refractivity contribution in [3.05, 3.63) is 76.6 Å². The Balaban J connectivity index is 1.68. The van der Waals surface area contributed by atoms with E-state index in [1.54, 1.807) is 36.4 Å². The third-order valence-electron chi connectivity index (χ3n) is 4.17. The van der Waals surface area contributed by atoms with E-state index in [9.17, 15) is 14.9 Å². The lowest BCUT2D eigenvalue weighted by Gasteiger charge is -2.11. The number of carbonyl (C=O) groups excluding carboxylic acids is 1. The number of nitrogens with zero attached hydrogens (tertiary/aromatic N) is 3. The van der Waals surface area contributed by atoms with Gasteiger partial charge in [0, 0.05) is 0 Å². The van der Waals surface area contributed by atoms with Crippen LogP contribution >= 0.6 is 0 Å². The van der Waals surface area contributed by atoms with Gasteiger partial charge in [-0.2, -0.15) is 4.98 Å². The smallest absolute Gasteiger partial charge is 0.374 e. The van der Waals surface area contributed by atoms with Crippen molar-refractivity contribution in [1.29, 1.82) is 0 Å². The molecule has 0 radical (unpaired) electrons. The molecule has 0 aliphatic carbocycles. The molecule has 1 aromatic heterocycles. The molecule has 0 aliphatic rings. The Bertz CT molecular complexity index is 1040. The molecule has 1 amide bonds. The van der Waals surface area contributed by atoms with Gasteiger partial charge in [0.1, 0.15) is 17.8 Å². The van der Waals surface area contributed by atoms with E-state index in [-0.39, 0.29) is 18.3 Å². The number of nitro groups is 1. The first-order valence-electron chi connectivity index (χ1n) is 9.44. The maximum atomic E-state index is 12.0. The number of hydrazine groups is 1. The molecule has 160 valence electrons. The van der Waals surface area contributed by atoms with Crippen LogP contribution in [-0.4, -0.2) is 27.4 Å². The summed E-state index contributed by atoms with van der Waals surface area (Å²) in [4.78, 5) is 30.6. The standard InChI is InChI=1S/C21H21N5O5/c1-14(2)15-8-10-17(11-9-15)31-21-19(26(28)29)20(22-13-23-21)25-24-18(27)12-30-16-6-4-3-5-7-16/h3-11,13-14H,12H2,1-2H3,(H,24,27)(H,22,23,25). The lowest BCUT2D eigenvalue weighted by Crippen LogP contribution is -2.34. The molecule has 31 heavy (non-hydrogen) atoms. The lowest BCUT2D eigenvalue weighted by molar-refractivity contribution is -0.385. The molecule has 0 atom stereocenters. The summed E-state index contributed by atoms with van der Waals surface area (Å²) < 4.78 is 10.9. The van der Waals surface area contributed by atoms with Crippen LogP contribution in [0.2, 0.25) is 0 Å². The van der Waals surface area contributed by atoms with E-state index < -0.39 is 16.5 Å². The van der Waals surface area contributed by atoms with Crippen molar-refractivity contribution in [2.45, 2.75) is 19.8 Å². The number of carbonyl (C=O) groups is 1. The van der Waals surface area contributed by atoms with Gasteiger partial charge in [0.25, 0.3) is 5.91 Å². The van der Waals surface area contributed by atoms with Gasteiger partial charge in [-0.3, -0.25) is 25.8 Å². The maximum absolute atomic E-state index is 12.0. The van der Waals surface area contributed by atoms with E-state index in [1.165, 1.54) is 0 Å². The van der Waals surface area contributed by atoms with Crippen molar-refractivity contribution in [3.63, 3.8) is 0 Å². The Morgan fingerprint density at radius 2 is 1.77 bits per heavy atom. The molecule has 0 aliphatic heterocycles. The SMILES string of the molecule is CC(C)c1ccc(Oc2ncnc(NNC(=O)COc3ccccc3)c2[N+](=O)[O-])cc1.